The molecule has 0 aromatic rings. The fraction of sp³-hybridized carbons (Fsp3) is 0.800. The van der Waals surface area contributed by atoms with Gasteiger partial charge in [-0.1, -0.05) is 39.3 Å². The van der Waals surface area contributed by atoms with E-state index < -0.39 is 0 Å². The van der Waals surface area contributed by atoms with E-state index in [-0.39, 0.29) is 0 Å². The highest BCUT2D eigenvalue weighted by molar-refractivity contribution is 5.08. The Morgan fingerprint density at radius 1 is 1.36 bits per heavy atom. The minimum absolute atomic E-state index is 0.757. The van der Waals surface area contributed by atoms with Crippen LogP contribution < -0.4 is 5.32 Å². The first-order chi connectivity index (χ1) is 5.30. The van der Waals surface area contributed by atoms with E-state index in [2.05, 4.69) is 25.2 Å². The first-order valence-electron chi connectivity index (χ1n) is 4.70. The van der Waals surface area contributed by atoms with Crippen LogP contribution in [-0.4, -0.2) is 13.1 Å². The minimum Gasteiger partial charge on any atom is -0.313 e. The van der Waals surface area contributed by atoms with Gasteiger partial charge in [-0.15, -0.1) is 0 Å². The summed E-state index contributed by atoms with van der Waals surface area (Å²) in [6.45, 7) is 10.8. The number of nitrogens with one attached hydrogen (secondary N) is 1. The van der Waals surface area contributed by atoms with Gasteiger partial charge in [0.15, 0.2) is 0 Å². The zero-order chi connectivity index (χ0) is 8.69. The number of hydrogen-bond donors (Lipinski definition) is 1. The number of rotatable bonds is 1. The molecule has 1 heterocycles. The highest BCUT2D eigenvalue weighted by atomic mass is 14.8. The van der Waals surface area contributed by atoms with Gasteiger partial charge in [0.2, 0.25) is 0 Å². The Balaban J connectivity index is 0.000000461. The van der Waals surface area contributed by atoms with Gasteiger partial charge < -0.3 is 5.32 Å². The maximum absolute atomic E-state index is 3.29. The molecule has 66 valence electrons. The lowest BCUT2D eigenvalue weighted by atomic mass is 9.98. The molecule has 0 atom stereocenters. The summed E-state index contributed by atoms with van der Waals surface area (Å²) in [5.74, 6) is 0.757. The Bertz CT molecular complexity index is 114. The maximum atomic E-state index is 3.29. The van der Waals surface area contributed by atoms with Gasteiger partial charge in [0, 0.05) is 6.54 Å². The second kappa shape index (κ2) is 6.41. The average molecular weight is 155 g/mol. The zero-order valence-corrected chi connectivity index (χ0v) is 8.28. The van der Waals surface area contributed by atoms with E-state index in [1.807, 2.05) is 13.8 Å². The molecule has 0 aromatic carbocycles. The monoisotopic (exact) mass is 155 g/mol. The molecule has 0 fully saturated rings. The molecule has 0 aromatic heterocycles. The molecule has 0 aliphatic carbocycles. The molecule has 0 radical (unpaired) electrons. The summed E-state index contributed by atoms with van der Waals surface area (Å²) in [5, 5.41) is 3.29. The van der Waals surface area contributed by atoms with E-state index >= 15 is 0 Å². The molecule has 0 unspecified atom stereocenters. The second-order valence-corrected chi connectivity index (χ2v) is 2.89. The van der Waals surface area contributed by atoms with Crippen LogP contribution >= 0.6 is 0 Å². The van der Waals surface area contributed by atoms with E-state index in [1.54, 1.807) is 5.57 Å². The quantitative estimate of drug-likeness (QED) is 0.574. The fourth-order valence-electron chi connectivity index (χ4n) is 1.16. The van der Waals surface area contributed by atoms with E-state index in [0.29, 0.717) is 0 Å². The summed E-state index contributed by atoms with van der Waals surface area (Å²) in [5.41, 5.74) is 1.62. The lowest BCUT2D eigenvalue weighted by molar-refractivity contribution is 0.627. The van der Waals surface area contributed by atoms with Gasteiger partial charge in [0.25, 0.3) is 0 Å². The van der Waals surface area contributed by atoms with Gasteiger partial charge in [-0.3, -0.25) is 0 Å². The highest BCUT2D eigenvalue weighted by Gasteiger charge is 2.04. The van der Waals surface area contributed by atoms with E-state index in [1.165, 1.54) is 13.0 Å². The van der Waals surface area contributed by atoms with Crippen molar-refractivity contribution < 1.29 is 0 Å². The van der Waals surface area contributed by atoms with Crippen molar-refractivity contribution in [3.8, 4) is 0 Å². The molecular weight excluding hydrogens is 134 g/mol. The van der Waals surface area contributed by atoms with Crippen molar-refractivity contribution in [2.75, 3.05) is 13.1 Å². The third kappa shape index (κ3) is 4.20. The average Bonchev–Trinajstić information content (AvgIpc) is 2.10. The van der Waals surface area contributed by atoms with Crippen molar-refractivity contribution >= 4 is 0 Å². The molecule has 1 N–H and O–H groups in total. The van der Waals surface area contributed by atoms with Crippen LogP contribution in [0.1, 0.15) is 34.1 Å². The van der Waals surface area contributed by atoms with Crippen LogP contribution in [0.25, 0.3) is 0 Å². The highest BCUT2D eigenvalue weighted by Crippen LogP contribution is 2.14. The number of hydrogen-bond acceptors (Lipinski definition) is 1. The van der Waals surface area contributed by atoms with Gasteiger partial charge in [0.1, 0.15) is 0 Å². The lowest BCUT2D eigenvalue weighted by Gasteiger charge is -2.16. The molecule has 0 spiro atoms. The van der Waals surface area contributed by atoms with Crippen LogP contribution in [0.4, 0.5) is 0 Å². The van der Waals surface area contributed by atoms with Crippen molar-refractivity contribution in [1.29, 1.82) is 0 Å². The van der Waals surface area contributed by atoms with Gasteiger partial charge in [-0.05, 0) is 18.9 Å². The Labute approximate surface area is 70.9 Å². The molecule has 1 nitrogen and oxygen atoms in total. The Kier molecular flexibility index (Phi) is 6.24. The summed E-state index contributed by atoms with van der Waals surface area (Å²) in [7, 11) is 0. The molecule has 11 heavy (non-hydrogen) atoms. The van der Waals surface area contributed by atoms with Gasteiger partial charge in [0.05, 0.1) is 0 Å². The predicted octanol–water partition coefficient (Wildman–Crippen LogP) is 2.59. The molecular formula is C10H21N. The fourth-order valence-corrected chi connectivity index (χ4v) is 1.16. The Morgan fingerprint density at radius 2 is 2.00 bits per heavy atom. The topological polar surface area (TPSA) is 12.0 Å². The molecule has 0 bridgehead atoms. The molecule has 0 amide bonds. The van der Waals surface area contributed by atoms with Crippen molar-refractivity contribution in [2.45, 2.75) is 34.1 Å². The van der Waals surface area contributed by atoms with Gasteiger partial charge >= 0.3 is 0 Å². The molecule has 1 aliphatic heterocycles. The van der Waals surface area contributed by atoms with Crippen molar-refractivity contribution in [2.24, 2.45) is 5.92 Å². The summed E-state index contributed by atoms with van der Waals surface area (Å²) in [6, 6.07) is 0. The third-order valence-corrected chi connectivity index (χ3v) is 1.84. The minimum atomic E-state index is 0.757. The maximum Gasteiger partial charge on any atom is 0.0137 e. The summed E-state index contributed by atoms with van der Waals surface area (Å²) < 4.78 is 0. The largest absolute Gasteiger partial charge is 0.313 e. The van der Waals surface area contributed by atoms with Crippen LogP contribution in [0.15, 0.2) is 11.6 Å². The first-order valence-corrected chi connectivity index (χ1v) is 4.70. The summed E-state index contributed by atoms with van der Waals surface area (Å²) in [4.78, 5) is 0. The smallest absolute Gasteiger partial charge is 0.0137 e. The summed E-state index contributed by atoms with van der Waals surface area (Å²) in [6.07, 6.45) is 3.56. The van der Waals surface area contributed by atoms with E-state index in [9.17, 15) is 0 Å². The summed E-state index contributed by atoms with van der Waals surface area (Å²) >= 11 is 0. The molecule has 0 saturated heterocycles. The normalized spacial score (nSPS) is 17.0. The standard InChI is InChI=1S/C8H15N.C2H6/c1-7(2)8-3-5-9-6-4-8;1-2/h3,7,9H,4-6H2,1-2H3;1-2H3. The van der Waals surface area contributed by atoms with Crippen molar-refractivity contribution in [1.82, 2.24) is 5.32 Å². The van der Waals surface area contributed by atoms with Crippen LogP contribution in [-0.2, 0) is 0 Å². The second-order valence-electron chi connectivity index (χ2n) is 2.89. The Morgan fingerprint density at radius 3 is 2.27 bits per heavy atom. The molecule has 0 saturated carbocycles. The Hall–Kier alpha value is -0.300. The first kappa shape index (κ1) is 10.7. The van der Waals surface area contributed by atoms with E-state index in [0.717, 1.165) is 12.5 Å². The lowest BCUT2D eigenvalue weighted by Crippen LogP contribution is -2.21. The molecule has 1 aliphatic rings. The SMILES string of the molecule is CC.CC(C)C1=CCNCC1. The van der Waals surface area contributed by atoms with Crippen LogP contribution in [0, 0.1) is 5.92 Å². The van der Waals surface area contributed by atoms with Crippen molar-refractivity contribution in [3.05, 3.63) is 11.6 Å². The van der Waals surface area contributed by atoms with E-state index in [4.69, 9.17) is 0 Å². The van der Waals surface area contributed by atoms with Crippen LogP contribution in [0.5, 0.6) is 0 Å². The third-order valence-electron chi connectivity index (χ3n) is 1.84. The molecule has 1 heteroatoms. The van der Waals surface area contributed by atoms with Crippen LogP contribution in [0.2, 0.25) is 0 Å². The van der Waals surface area contributed by atoms with Gasteiger partial charge in [-0.2, -0.15) is 0 Å². The van der Waals surface area contributed by atoms with Crippen LogP contribution in [0.3, 0.4) is 0 Å². The zero-order valence-electron chi connectivity index (χ0n) is 8.28. The predicted molar refractivity (Wildman–Crippen MR) is 51.8 cm³/mol. The van der Waals surface area contributed by atoms with Gasteiger partial charge in [-0.25, -0.2) is 0 Å². The van der Waals surface area contributed by atoms with Crippen molar-refractivity contribution in [3.63, 3.8) is 0 Å². The molecule has 1 rings (SSSR count).